The molecular weight excluding hydrogens is 373 g/mol. The van der Waals surface area contributed by atoms with Crippen LogP contribution in [0.4, 0.5) is 21.6 Å². The molecule has 4 rings (SSSR count). The molecule has 0 saturated heterocycles. The number of ether oxygens (including phenoxy) is 2. The Kier molecular flexibility index (Phi) is 4.28. The third kappa shape index (κ3) is 3.77. The summed E-state index contributed by atoms with van der Waals surface area (Å²) in [5.74, 6) is 0.966. The molecule has 0 aliphatic carbocycles. The van der Waals surface area contributed by atoms with Gasteiger partial charge in [-0.1, -0.05) is 6.07 Å². The molecule has 2 N–H and O–H groups in total. The zero-order valence-corrected chi connectivity index (χ0v) is 14.7. The second-order valence-electron chi connectivity index (χ2n) is 5.69. The zero-order valence-electron chi connectivity index (χ0n) is 13.8. The maximum absolute atomic E-state index is 13.2. The lowest BCUT2D eigenvalue weighted by molar-refractivity contribution is 0.174. The van der Waals surface area contributed by atoms with Crippen LogP contribution >= 0.6 is 0 Å². The summed E-state index contributed by atoms with van der Waals surface area (Å²) >= 11 is 0. The van der Waals surface area contributed by atoms with Crippen molar-refractivity contribution in [2.24, 2.45) is 0 Å². The maximum atomic E-state index is 13.2. The van der Waals surface area contributed by atoms with E-state index in [-0.39, 0.29) is 23.2 Å². The van der Waals surface area contributed by atoms with Crippen LogP contribution in [0.5, 0.6) is 11.5 Å². The molecule has 27 heavy (non-hydrogen) atoms. The summed E-state index contributed by atoms with van der Waals surface area (Å²) in [5.41, 5.74) is 0.827. The number of nitrogens with one attached hydrogen (secondary N) is 2. The van der Waals surface area contributed by atoms with Gasteiger partial charge in [0, 0.05) is 11.8 Å². The number of benzene rings is 2. The molecule has 9 heteroatoms. The minimum atomic E-state index is -3.81. The second-order valence-corrected chi connectivity index (χ2v) is 7.37. The summed E-state index contributed by atoms with van der Waals surface area (Å²) in [4.78, 5) is 4.18. The first-order chi connectivity index (χ1) is 13.0. The van der Waals surface area contributed by atoms with E-state index in [0.717, 1.165) is 0 Å². The molecule has 7 nitrogen and oxygen atoms in total. The maximum Gasteiger partial charge on any atom is 0.262 e. The van der Waals surface area contributed by atoms with Gasteiger partial charge in [0.15, 0.2) is 11.5 Å². The number of hydrogen-bond donors (Lipinski definition) is 2. The molecule has 1 aliphatic heterocycles. The molecule has 2 heterocycles. The van der Waals surface area contributed by atoms with E-state index >= 15 is 0 Å². The van der Waals surface area contributed by atoms with Crippen LogP contribution in [0.1, 0.15) is 0 Å². The van der Waals surface area contributed by atoms with E-state index in [1.807, 2.05) is 0 Å². The van der Waals surface area contributed by atoms with E-state index in [1.54, 1.807) is 30.3 Å². The summed E-state index contributed by atoms with van der Waals surface area (Å²) in [6.45, 7) is 0.0654. The molecule has 0 spiro atoms. The number of halogens is 1. The number of fused-ring (bicyclic) bond motifs is 1. The van der Waals surface area contributed by atoms with E-state index < -0.39 is 10.0 Å². The normalized spacial score (nSPS) is 12.6. The molecule has 0 saturated carbocycles. The third-order valence-corrected chi connectivity index (χ3v) is 5.15. The van der Waals surface area contributed by atoms with Gasteiger partial charge >= 0.3 is 0 Å². The number of sulfonamides is 1. The summed E-state index contributed by atoms with van der Waals surface area (Å²) in [6.07, 6.45) is 1.37. The van der Waals surface area contributed by atoms with E-state index in [0.29, 0.717) is 23.0 Å². The van der Waals surface area contributed by atoms with Crippen LogP contribution in [-0.4, -0.2) is 20.2 Å². The van der Waals surface area contributed by atoms with Gasteiger partial charge in [-0.2, -0.15) is 0 Å². The minimum absolute atomic E-state index is 0.0497. The van der Waals surface area contributed by atoms with Crippen LogP contribution < -0.4 is 19.5 Å². The van der Waals surface area contributed by atoms with Gasteiger partial charge in [0.1, 0.15) is 11.6 Å². The van der Waals surface area contributed by atoms with Crippen molar-refractivity contribution in [1.29, 1.82) is 0 Å². The predicted molar refractivity (Wildman–Crippen MR) is 97.3 cm³/mol. The van der Waals surface area contributed by atoms with Crippen LogP contribution in [0, 0.1) is 5.82 Å². The molecular formula is C18H14FN3O4S. The summed E-state index contributed by atoms with van der Waals surface area (Å²) in [6, 6.07) is 13.5. The first kappa shape index (κ1) is 17.1. The van der Waals surface area contributed by atoms with Crippen molar-refractivity contribution in [3.8, 4) is 11.5 Å². The monoisotopic (exact) mass is 387 g/mol. The summed E-state index contributed by atoms with van der Waals surface area (Å²) in [7, 11) is -3.81. The lowest BCUT2D eigenvalue weighted by Crippen LogP contribution is -2.13. The van der Waals surface area contributed by atoms with Gasteiger partial charge in [-0.05, 0) is 42.5 Å². The van der Waals surface area contributed by atoms with Crippen LogP contribution in [0.25, 0.3) is 0 Å². The highest BCUT2D eigenvalue weighted by Crippen LogP contribution is 2.34. The summed E-state index contributed by atoms with van der Waals surface area (Å²) < 4.78 is 51.1. The van der Waals surface area contributed by atoms with E-state index in [2.05, 4.69) is 15.0 Å². The average Bonchev–Trinajstić information content (AvgIpc) is 3.11. The quantitative estimate of drug-likeness (QED) is 0.697. The van der Waals surface area contributed by atoms with E-state index in [4.69, 9.17) is 9.47 Å². The zero-order chi connectivity index (χ0) is 18.9. The molecule has 1 aromatic heterocycles. The van der Waals surface area contributed by atoms with Crippen LogP contribution in [0.3, 0.4) is 0 Å². The Labute approximate surface area is 154 Å². The molecule has 0 atom stereocenters. The van der Waals surface area contributed by atoms with Crippen molar-refractivity contribution in [1.82, 2.24) is 4.98 Å². The number of hydrogen-bond acceptors (Lipinski definition) is 6. The first-order valence-corrected chi connectivity index (χ1v) is 9.39. The highest BCUT2D eigenvalue weighted by Gasteiger charge is 2.20. The SMILES string of the molecule is O=S(=O)(Nc1ccc(Nc2cccc(F)c2)nc1)c1ccc2c(c1)OCO2. The van der Waals surface area contributed by atoms with Gasteiger partial charge in [-0.25, -0.2) is 17.8 Å². The van der Waals surface area contributed by atoms with E-state index in [1.165, 1.54) is 30.5 Å². The second kappa shape index (κ2) is 6.76. The Balaban J connectivity index is 1.49. The Morgan fingerprint density at radius 2 is 1.81 bits per heavy atom. The molecule has 0 radical (unpaired) electrons. The van der Waals surface area contributed by atoms with Crippen LogP contribution in [0.15, 0.2) is 65.7 Å². The molecule has 2 aromatic carbocycles. The Hall–Kier alpha value is -3.33. The lowest BCUT2D eigenvalue weighted by Gasteiger charge is -2.10. The number of pyridine rings is 1. The molecule has 1 aliphatic rings. The smallest absolute Gasteiger partial charge is 0.262 e. The Bertz CT molecular complexity index is 1090. The van der Waals surface area contributed by atoms with Crippen LogP contribution in [-0.2, 0) is 10.0 Å². The molecule has 0 unspecified atom stereocenters. The van der Waals surface area contributed by atoms with Crippen molar-refractivity contribution >= 4 is 27.2 Å². The van der Waals surface area contributed by atoms with Crippen molar-refractivity contribution in [2.45, 2.75) is 4.90 Å². The fourth-order valence-corrected chi connectivity index (χ4v) is 3.56. The van der Waals surface area contributed by atoms with Gasteiger partial charge in [0.05, 0.1) is 16.8 Å². The van der Waals surface area contributed by atoms with Gasteiger partial charge < -0.3 is 14.8 Å². The van der Waals surface area contributed by atoms with Crippen LogP contribution in [0.2, 0.25) is 0 Å². The van der Waals surface area contributed by atoms with Crippen molar-refractivity contribution in [3.63, 3.8) is 0 Å². The standard InChI is InChI=1S/C18H14FN3O4S/c19-12-2-1-3-13(8-12)21-18-7-4-14(10-20-18)22-27(23,24)15-5-6-16-17(9-15)26-11-25-16/h1-10,22H,11H2,(H,20,21). The largest absolute Gasteiger partial charge is 0.454 e. The van der Waals surface area contributed by atoms with Crippen molar-refractivity contribution < 1.29 is 22.3 Å². The Morgan fingerprint density at radius 3 is 2.59 bits per heavy atom. The highest BCUT2D eigenvalue weighted by atomic mass is 32.2. The third-order valence-electron chi connectivity index (χ3n) is 3.77. The highest BCUT2D eigenvalue weighted by molar-refractivity contribution is 7.92. The van der Waals surface area contributed by atoms with Gasteiger partial charge in [0.25, 0.3) is 10.0 Å². The first-order valence-electron chi connectivity index (χ1n) is 7.91. The predicted octanol–water partition coefficient (Wildman–Crippen LogP) is 3.49. The number of anilines is 3. The number of nitrogens with zero attached hydrogens (tertiary/aromatic N) is 1. The molecule has 3 aromatic rings. The fourth-order valence-electron chi connectivity index (χ4n) is 2.50. The summed E-state index contributed by atoms with van der Waals surface area (Å²) in [5, 5.41) is 2.94. The fraction of sp³-hybridized carbons (Fsp3) is 0.0556. The molecule has 0 fully saturated rings. The molecule has 0 bridgehead atoms. The Morgan fingerprint density at radius 1 is 0.963 bits per heavy atom. The van der Waals surface area contributed by atoms with Gasteiger partial charge in [-0.15, -0.1) is 0 Å². The van der Waals surface area contributed by atoms with Gasteiger partial charge in [-0.3, -0.25) is 4.72 Å². The van der Waals surface area contributed by atoms with Crippen molar-refractivity contribution in [2.75, 3.05) is 16.8 Å². The minimum Gasteiger partial charge on any atom is -0.454 e. The van der Waals surface area contributed by atoms with Crippen molar-refractivity contribution in [3.05, 3.63) is 66.6 Å². The molecule has 138 valence electrons. The van der Waals surface area contributed by atoms with E-state index in [9.17, 15) is 12.8 Å². The molecule has 0 amide bonds. The number of rotatable bonds is 5. The number of aromatic nitrogens is 1. The topological polar surface area (TPSA) is 89.6 Å². The average molecular weight is 387 g/mol. The van der Waals surface area contributed by atoms with Gasteiger partial charge in [0.2, 0.25) is 6.79 Å². The lowest BCUT2D eigenvalue weighted by atomic mass is 10.3.